The molecule has 0 heterocycles. The fourth-order valence-electron chi connectivity index (χ4n) is 3.29. The molecule has 2 nitrogen and oxygen atoms in total. The lowest BCUT2D eigenvalue weighted by molar-refractivity contribution is 0.484. The molecular weight excluding hydrogens is 366 g/mol. The maximum atomic E-state index is 6.26. The first kappa shape index (κ1) is 19.3. The van der Waals surface area contributed by atoms with Gasteiger partial charge in [-0.3, -0.25) is 0 Å². The molecule has 0 amide bonds. The lowest BCUT2D eigenvalue weighted by Crippen LogP contribution is -2.11. The Morgan fingerprint density at radius 1 is 0.667 bits per heavy atom. The van der Waals surface area contributed by atoms with Crippen molar-refractivity contribution in [2.45, 2.75) is 0 Å². The molecule has 0 bridgehead atoms. The maximum absolute atomic E-state index is 6.26. The third kappa shape index (κ3) is 4.50. The van der Waals surface area contributed by atoms with Crippen LogP contribution in [-0.4, -0.2) is 0 Å². The van der Waals surface area contributed by atoms with E-state index in [1.165, 1.54) is 0 Å². The van der Waals surface area contributed by atoms with Crippen molar-refractivity contribution in [1.29, 1.82) is 0 Å². The van der Waals surface area contributed by atoms with E-state index < -0.39 is 0 Å². The average Bonchev–Trinajstić information content (AvgIpc) is 2.81. The number of allylic oxidation sites excluding steroid dienone is 2. The van der Waals surface area contributed by atoms with Gasteiger partial charge in [0.1, 0.15) is 5.75 Å². The van der Waals surface area contributed by atoms with Gasteiger partial charge in [-0.2, -0.15) is 0 Å². The van der Waals surface area contributed by atoms with E-state index in [4.69, 9.17) is 4.74 Å². The van der Waals surface area contributed by atoms with Gasteiger partial charge in [0, 0.05) is 11.4 Å². The lowest BCUT2D eigenvalue weighted by atomic mass is 10.1. The van der Waals surface area contributed by atoms with Crippen molar-refractivity contribution in [2.24, 2.45) is 0 Å². The van der Waals surface area contributed by atoms with Gasteiger partial charge in [-0.15, -0.1) is 0 Å². The second kappa shape index (κ2) is 9.44. The number of ether oxygens (including phenoxy) is 1. The van der Waals surface area contributed by atoms with Crippen LogP contribution in [0.5, 0.6) is 11.5 Å². The van der Waals surface area contributed by atoms with Gasteiger partial charge in [-0.05, 0) is 54.1 Å². The van der Waals surface area contributed by atoms with Crippen LogP contribution in [0.2, 0.25) is 0 Å². The SMILES string of the molecule is C=C/C=C\c1cccc(N(c2ccccc2)c2ccccc2Oc2ccccc2)c1. The van der Waals surface area contributed by atoms with Crippen LogP contribution in [-0.2, 0) is 0 Å². The number of hydrogen-bond acceptors (Lipinski definition) is 2. The zero-order valence-electron chi connectivity index (χ0n) is 16.7. The first-order chi connectivity index (χ1) is 14.8. The Labute approximate surface area is 178 Å². The molecule has 30 heavy (non-hydrogen) atoms. The summed E-state index contributed by atoms with van der Waals surface area (Å²) in [6.07, 6.45) is 5.77. The van der Waals surface area contributed by atoms with Crippen molar-refractivity contribution < 1.29 is 4.74 Å². The highest BCUT2D eigenvalue weighted by Gasteiger charge is 2.17. The van der Waals surface area contributed by atoms with Gasteiger partial charge < -0.3 is 9.64 Å². The van der Waals surface area contributed by atoms with Gasteiger partial charge in [-0.1, -0.05) is 85.5 Å². The number of anilines is 3. The van der Waals surface area contributed by atoms with Crippen LogP contribution >= 0.6 is 0 Å². The molecule has 0 spiro atoms. The van der Waals surface area contributed by atoms with Crippen LogP contribution in [0.4, 0.5) is 17.1 Å². The topological polar surface area (TPSA) is 12.5 Å². The van der Waals surface area contributed by atoms with Crippen LogP contribution in [0.1, 0.15) is 5.56 Å². The fourth-order valence-corrected chi connectivity index (χ4v) is 3.29. The van der Waals surface area contributed by atoms with Crippen molar-refractivity contribution in [2.75, 3.05) is 4.90 Å². The second-order valence-corrected chi connectivity index (χ2v) is 6.74. The van der Waals surface area contributed by atoms with Crippen molar-refractivity contribution >= 4 is 23.1 Å². The summed E-state index contributed by atoms with van der Waals surface area (Å²) in [4.78, 5) is 2.21. The highest BCUT2D eigenvalue weighted by Crippen LogP contribution is 2.41. The summed E-state index contributed by atoms with van der Waals surface area (Å²) in [6, 6.07) is 36.7. The number of nitrogens with zero attached hydrogens (tertiary/aromatic N) is 1. The Hall–Kier alpha value is -4.04. The van der Waals surface area contributed by atoms with E-state index in [0.29, 0.717) is 0 Å². The molecule has 4 rings (SSSR count). The molecule has 0 saturated heterocycles. The summed E-state index contributed by atoms with van der Waals surface area (Å²) in [5.74, 6) is 1.60. The predicted molar refractivity (Wildman–Crippen MR) is 127 cm³/mol. The van der Waals surface area contributed by atoms with Crippen LogP contribution < -0.4 is 9.64 Å². The van der Waals surface area contributed by atoms with Crippen LogP contribution in [0.25, 0.3) is 6.08 Å². The summed E-state index contributed by atoms with van der Waals surface area (Å²) >= 11 is 0. The highest BCUT2D eigenvalue weighted by atomic mass is 16.5. The minimum absolute atomic E-state index is 0.791. The van der Waals surface area contributed by atoms with Crippen molar-refractivity contribution in [1.82, 2.24) is 0 Å². The third-order valence-corrected chi connectivity index (χ3v) is 4.64. The molecule has 0 aliphatic heterocycles. The Morgan fingerprint density at radius 3 is 2.10 bits per heavy atom. The van der Waals surface area contributed by atoms with Gasteiger partial charge in [0.2, 0.25) is 0 Å². The quantitative estimate of drug-likeness (QED) is 0.296. The van der Waals surface area contributed by atoms with E-state index in [1.54, 1.807) is 6.08 Å². The van der Waals surface area contributed by atoms with Gasteiger partial charge in [0.25, 0.3) is 0 Å². The molecule has 0 unspecified atom stereocenters. The summed E-state index contributed by atoms with van der Waals surface area (Å²) in [5, 5.41) is 0. The Kier molecular flexibility index (Phi) is 6.07. The highest BCUT2D eigenvalue weighted by molar-refractivity contribution is 5.81. The lowest BCUT2D eigenvalue weighted by Gasteiger charge is -2.27. The molecular formula is C28H23NO. The van der Waals surface area contributed by atoms with E-state index in [-0.39, 0.29) is 0 Å². The number of rotatable bonds is 7. The molecule has 0 fully saturated rings. The first-order valence-electron chi connectivity index (χ1n) is 9.91. The Bertz CT molecular complexity index is 1130. The Morgan fingerprint density at radius 2 is 1.33 bits per heavy atom. The minimum atomic E-state index is 0.791. The molecule has 146 valence electrons. The zero-order chi connectivity index (χ0) is 20.6. The summed E-state index contributed by atoms with van der Waals surface area (Å²) in [7, 11) is 0. The normalized spacial score (nSPS) is 10.7. The molecule has 0 aromatic heterocycles. The van der Waals surface area contributed by atoms with Crippen molar-refractivity contribution in [3.05, 3.63) is 133 Å². The largest absolute Gasteiger partial charge is 0.455 e. The number of benzene rings is 4. The standard InChI is InChI=1S/C28H23NO/c1-2-3-13-23-14-12-17-25(22-23)29(24-15-6-4-7-16-24)27-20-10-11-21-28(27)30-26-18-8-5-9-19-26/h2-22H,1H2/b13-3-. The molecule has 0 saturated carbocycles. The van der Waals surface area contributed by atoms with Crippen LogP contribution in [0.15, 0.2) is 128 Å². The molecule has 2 heteroatoms. The van der Waals surface area contributed by atoms with Crippen LogP contribution in [0, 0.1) is 0 Å². The summed E-state index contributed by atoms with van der Waals surface area (Å²) in [5.41, 5.74) is 4.19. The summed E-state index contributed by atoms with van der Waals surface area (Å²) in [6.45, 7) is 3.77. The number of para-hydroxylation sites is 4. The van der Waals surface area contributed by atoms with E-state index in [2.05, 4.69) is 53.9 Å². The maximum Gasteiger partial charge on any atom is 0.151 e. The van der Waals surface area contributed by atoms with Crippen LogP contribution in [0.3, 0.4) is 0 Å². The summed E-state index contributed by atoms with van der Waals surface area (Å²) < 4.78 is 6.26. The van der Waals surface area contributed by atoms with E-state index in [0.717, 1.165) is 34.1 Å². The zero-order valence-corrected chi connectivity index (χ0v) is 16.7. The molecule has 0 aliphatic carbocycles. The molecule has 0 radical (unpaired) electrons. The predicted octanol–water partition coefficient (Wildman–Crippen LogP) is 8.15. The third-order valence-electron chi connectivity index (χ3n) is 4.64. The fraction of sp³-hybridized carbons (Fsp3) is 0. The van der Waals surface area contributed by atoms with Crippen molar-refractivity contribution in [3.8, 4) is 11.5 Å². The van der Waals surface area contributed by atoms with Gasteiger partial charge in [-0.25, -0.2) is 0 Å². The van der Waals surface area contributed by atoms with Gasteiger partial charge >= 0.3 is 0 Å². The van der Waals surface area contributed by atoms with E-state index in [1.807, 2.05) is 78.9 Å². The van der Waals surface area contributed by atoms with E-state index >= 15 is 0 Å². The number of hydrogen-bond donors (Lipinski definition) is 0. The average molecular weight is 389 g/mol. The molecule has 0 atom stereocenters. The van der Waals surface area contributed by atoms with Gasteiger partial charge in [0.05, 0.1) is 5.69 Å². The first-order valence-corrected chi connectivity index (χ1v) is 9.91. The molecule has 4 aromatic rings. The van der Waals surface area contributed by atoms with Gasteiger partial charge in [0.15, 0.2) is 5.75 Å². The minimum Gasteiger partial charge on any atom is -0.455 e. The molecule has 0 aliphatic rings. The Balaban J connectivity index is 1.83. The monoisotopic (exact) mass is 389 g/mol. The smallest absolute Gasteiger partial charge is 0.151 e. The van der Waals surface area contributed by atoms with E-state index in [9.17, 15) is 0 Å². The second-order valence-electron chi connectivity index (χ2n) is 6.74. The molecule has 4 aromatic carbocycles. The van der Waals surface area contributed by atoms with Crippen molar-refractivity contribution in [3.63, 3.8) is 0 Å². The molecule has 0 N–H and O–H groups in total.